The van der Waals surface area contributed by atoms with Crippen LogP contribution in [0.4, 0.5) is 10.5 Å². The molecule has 0 aliphatic carbocycles. The molecule has 1 fully saturated rings. The van der Waals surface area contributed by atoms with Crippen LogP contribution in [0.25, 0.3) is 0 Å². The zero-order valence-electron chi connectivity index (χ0n) is 14.3. The average Bonchev–Trinajstić information content (AvgIpc) is 3.14. The number of carbonyl (C=O) groups excluding carboxylic acids is 2. The van der Waals surface area contributed by atoms with Crippen molar-refractivity contribution in [3.05, 3.63) is 54.0 Å². The highest BCUT2D eigenvalue weighted by Crippen LogP contribution is 2.20. The Balaban J connectivity index is 1.54. The molecule has 0 saturated carbocycles. The van der Waals surface area contributed by atoms with Crippen LogP contribution in [0.15, 0.2) is 47.1 Å². The lowest BCUT2D eigenvalue weighted by Gasteiger charge is -2.33. The van der Waals surface area contributed by atoms with E-state index >= 15 is 0 Å². The minimum atomic E-state index is -0.319. The first-order chi connectivity index (χ1) is 12.1. The summed E-state index contributed by atoms with van der Waals surface area (Å²) in [6, 6.07) is 10.5. The van der Waals surface area contributed by atoms with Crippen LogP contribution in [0.5, 0.6) is 0 Å². The van der Waals surface area contributed by atoms with Gasteiger partial charge in [0.15, 0.2) is 0 Å². The molecular formula is C19H23N3O3. The van der Waals surface area contributed by atoms with E-state index in [0.29, 0.717) is 23.6 Å². The number of nitrogens with one attached hydrogen (secondary N) is 2. The third-order valence-corrected chi connectivity index (χ3v) is 4.46. The Morgan fingerprint density at radius 2 is 2.00 bits per heavy atom. The Labute approximate surface area is 147 Å². The van der Waals surface area contributed by atoms with E-state index in [1.807, 2.05) is 4.90 Å². The quantitative estimate of drug-likeness (QED) is 0.892. The summed E-state index contributed by atoms with van der Waals surface area (Å²) in [4.78, 5) is 26.4. The van der Waals surface area contributed by atoms with Crippen LogP contribution in [0, 0.1) is 0 Å². The van der Waals surface area contributed by atoms with Crippen molar-refractivity contribution in [2.75, 3.05) is 11.9 Å². The molecule has 3 amide bonds. The van der Waals surface area contributed by atoms with Gasteiger partial charge in [0.25, 0.3) is 5.91 Å². The highest BCUT2D eigenvalue weighted by molar-refractivity contribution is 5.95. The minimum Gasteiger partial charge on any atom is -0.467 e. The van der Waals surface area contributed by atoms with Gasteiger partial charge < -0.3 is 20.0 Å². The van der Waals surface area contributed by atoms with Crippen molar-refractivity contribution < 1.29 is 14.0 Å². The summed E-state index contributed by atoms with van der Waals surface area (Å²) < 4.78 is 5.16. The lowest BCUT2D eigenvalue weighted by atomic mass is 10.0. The normalized spacial score (nSPS) is 17.2. The number of benzene rings is 1. The third-order valence-electron chi connectivity index (χ3n) is 4.46. The van der Waals surface area contributed by atoms with E-state index in [2.05, 4.69) is 17.6 Å². The van der Waals surface area contributed by atoms with Crippen molar-refractivity contribution in [2.45, 2.75) is 38.8 Å². The zero-order chi connectivity index (χ0) is 17.6. The number of hydrogen-bond acceptors (Lipinski definition) is 3. The van der Waals surface area contributed by atoms with Gasteiger partial charge in [-0.25, -0.2) is 4.79 Å². The maximum Gasteiger partial charge on any atom is 0.319 e. The van der Waals surface area contributed by atoms with Gasteiger partial charge in [0.1, 0.15) is 5.76 Å². The monoisotopic (exact) mass is 341 g/mol. The van der Waals surface area contributed by atoms with Gasteiger partial charge >= 0.3 is 6.03 Å². The van der Waals surface area contributed by atoms with Crippen LogP contribution in [-0.2, 0) is 6.54 Å². The summed E-state index contributed by atoms with van der Waals surface area (Å²) >= 11 is 0. The van der Waals surface area contributed by atoms with Gasteiger partial charge in [-0.3, -0.25) is 4.79 Å². The number of likely N-dealkylation sites (tertiary alicyclic amines) is 1. The highest BCUT2D eigenvalue weighted by atomic mass is 16.3. The van der Waals surface area contributed by atoms with Gasteiger partial charge in [0, 0.05) is 23.8 Å². The lowest BCUT2D eigenvalue weighted by Crippen LogP contribution is -2.42. The molecule has 1 aromatic heterocycles. The minimum absolute atomic E-state index is 0.0565. The van der Waals surface area contributed by atoms with E-state index in [1.165, 1.54) is 6.42 Å². The van der Waals surface area contributed by atoms with Crippen molar-refractivity contribution in [3.63, 3.8) is 0 Å². The average molecular weight is 341 g/mol. The number of rotatable bonds is 4. The fraction of sp³-hybridized carbons (Fsp3) is 0.368. The van der Waals surface area contributed by atoms with Gasteiger partial charge in [-0.15, -0.1) is 0 Å². The second-order valence-corrected chi connectivity index (χ2v) is 6.31. The summed E-state index contributed by atoms with van der Waals surface area (Å²) in [5.41, 5.74) is 1.29. The van der Waals surface area contributed by atoms with Crippen LogP contribution < -0.4 is 10.6 Å². The van der Waals surface area contributed by atoms with Crippen LogP contribution in [-0.4, -0.2) is 29.4 Å². The van der Waals surface area contributed by atoms with E-state index in [9.17, 15) is 9.59 Å². The standard InChI is InChI=1S/C19H23N3O3/c1-14-5-2-3-11-22(14)18(23)15-7-9-16(10-8-15)21-19(24)20-13-17-6-4-12-25-17/h4,6-10,12,14H,2-3,5,11,13H2,1H3,(H2,20,21,24)/t14-/m0/s1. The van der Waals surface area contributed by atoms with Crippen LogP contribution in [0.1, 0.15) is 42.3 Å². The molecule has 0 radical (unpaired) electrons. The Morgan fingerprint density at radius 3 is 2.68 bits per heavy atom. The van der Waals surface area contributed by atoms with E-state index < -0.39 is 0 Å². The smallest absolute Gasteiger partial charge is 0.319 e. The van der Waals surface area contributed by atoms with E-state index in [0.717, 1.165) is 19.4 Å². The molecule has 132 valence electrons. The molecule has 1 aromatic carbocycles. The van der Waals surface area contributed by atoms with E-state index in [-0.39, 0.29) is 18.0 Å². The molecule has 6 nitrogen and oxygen atoms in total. The molecule has 6 heteroatoms. The van der Waals surface area contributed by atoms with Crippen molar-refractivity contribution in [2.24, 2.45) is 0 Å². The predicted molar refractivity (Wildman–Crippen MR) is 95.4 cm³/mol. The molecule has 1 aliphatic rings. The molecule has 1 aliphatic heterocycles. The molecule has 1 atom stereocenters. The molecule has 1 saturated heterocycles. The largest absolute Gasteiger partial charge is 0.467 e. The molecule has 2 aromatic rings. The first kappa shape index (κ1) is 17.1. The van der Waals surface area contributed by atoms with Crippen LogP contribution in [0.2, 0.25) is 0 Å². The third kappa shape index (κ3) is 4.41. The molecule has 2 heterocycles. The Bertz CT molecular complexity index is 710. The first-order valence-corrected chi connectivity index (χ1v) is 8.62. The topological polar surface area (TPSA) is 74.6 Å². The number of hydrogen-bond donors (Lipinski definition) is 2. The maximum absolute atomic E-state index is 12.6. The van der Waals surface area contributed by atoms with Crippen LogP contribution in [0.3, 0.4) is 0 Å². The number of anilines is 1. The number of amides is 3. The van der Waals surface area contributed by atoms with Crippen molar-refractivity contribution in [1.29, 1.82) is 0 Å². The number of nitrogens with zero attached hydrogens (tertiary/aromatic N) is 1. The lowest BCUT2D eigenvalue weighted by molar-refractivity contribution is 0.0635. The predicted octanol–water partition coefficient (Wildman–Crippen LogP) is 3.62. The number of urea groups is 1. The fourth-order valence-electron chi connectivity index (χ4n) is 3.02. The Morgan fingerprint density at radius 1 is 1.20 bits per heavy atom. The van der Waals surface area contributed by atoms with Crippen molar-refractivity contribution >= 4 is 17.6 Å². The van der Waals surface area contributed by atoms with E-state index in [4.69, 9.17) is 4.42 Å². The van der Waals surface area contributed by atoms with Gasteiger partial charge in [-0.1, -0.05) is 0 Å². The molecule has 0 unspecified atom stereocenters. The van der Waals surface area contributed by atoms with Crippen molar-refractivity contribution in [3.8, 4) is 0 Å². The van der Waals surface area contributed by atoms with E-state index in [1.54, 1.807) is 42.7 Å². The second-order valence-electron chi connectivity index (χ2n) is 6.31. The number of piperidine rings is 1. The van der Waals surface area contributed by atoms with Crippen LogP contribution >= 0.6 is 0 Å². The summed E-state index contributed by atoms with van der Waals surface area (Å²) in [6.07, 6.45) is 4.86. The molecule has 3 rings (SSSR count). The Hall–Kier alpha value is -2.76. The summed E-state index contributed by atoms with van der Waals surface area (Å²) in [5.74, 6) is 0.743. The molecule has 0 bridgehead atoms. The molecular weight excluding hydrogens is 318 g/mol. The first-order valence-electron chi connectivity index (χ1n) is 8.62. The zero-order valence-corrected chi connectivity index (χ0v) is 14.3. The van der Waals surface area contributed by atoms with Gasteiger partial charge in [-0.2, -0.15) is 0 Å². The fourth-order valence-corrected chi connectivity index (χ4v) is 3.02. The second kappa shape index (κ2) is 7.88. The summed E-state index contributed by atoms with van der Waals surface area (Å²) in [5, 5.41) is 5.45. The number of furan rings is 1. The number of carbonyl (C=O) groups is 2. The summed E-state index contributed by atoms with van der Waals surface area (Å²) in [6.45, 7) is 3.23. The molecule has 2 N–H and O–H groups in total. The van der Waals surface area contributed by atoms with Crippen molar-refractivity contribution in [1.82, 2.24) is 10.2 Å². The summed E-state index contributed by atoms with van der Waals surface area (Å²) in [7, 11) is 0. The van der Waals surface area contributed by atoms with Gasteiger partial charge in [0.2, 0.25) is 0 Å². The molecule has 0 spiro atoms. The SMILES string of the molecule is C[C@H]1CCCCN1C(=O)c1ccc(NC(=O)NCc2ccco2)cc1. The Kier molecular flexibility index (Phi) is 5.38. The van der Waals surface area contributed by atoms with Gasteiger partial charge in [0.05, 0.1) is 12.8 Å². The van der Waals surface area contributed by atoms with Gasteiger partial charge in [-0.05, 0) is 62.6 Å². The maximum atomic E-state index is 12.6. The molecule has 25 heavy (non-hydrogen) atoms. The highest BCUT2D eigenvalue weighted by Gasteiger charge is 2.24.